The Kier molecular flexibility index (Phi) is 3.68. The molecule has 96 valence electrons. The smallest absolute Gasteiger partial charge is 0.235 e. The van der Waals surface area contributed by atoms with Crippen molar-refractivity contribution >= 4 is 6.08 Å². The van der Waals surface area contributed by atoms with Gasteiger partial charge in [0.1, 0.15) is 0 Å². The van der Waals surface area contributed by atoms with Gasteiger partial charge in [-0.2, -0.15) is 4.99 Å². The van der Waals surface area contributed by atoms with Crippen molar-refractivity contribution in [1.82, 2.24) is 0 Å². The van der Waals surface area contributed by atoms with E-state index in [-0.39, 0.29) is 0 Å². The number of hydrogen-bond donors (Lipinski definition) is 0. The summed E-state index contributed by atoms with van der Waals surface area (Å²) >= 11 is 0. The first kappa shape index (κ1) is 12.7. The lowest BCUT2D eigenvalue weighted by atomic mass is 9.89. The molecular weight excluding hydrogens is 230 g/mol. The quantitative estimate of drug-likeness (QED) is 0.607. The Morgan fingerprint density at radius 3 is 2.39 bits per heavy atom. The van der Waals surface area contributed by atoms with E-state index in [1.165, 1.54) is 0 Å². The summed E-state index contributed by atoms with van der Waals surface area (Å²) in [6.07, 6.45) is 5.66. The van der Waals surface area contributed by atoms with E-state index in [9.17, 15) is 4.79 Å². The van der Waals surface area contributed by atoms with E-state index in [4.69, 9.17) is 9.47 Å². The summed E-state index contributed by atoms with van der Waals surface area (Å²) in [5.74, 6) is 1.35. The fourth-order valence-electron chi connectivity index (χ4n) is 2.64. The Labute approximate surface area is 107 Å². The van der Waals surface area contributed by atoms with Crippen LogP contribution >= 0.6 is 0 Å². The standard InChI is InChI=1S/C14H17NO3/c1-17-12-6-5-11(9-13(12)18-2)14(15-10-16)7-3-4-8-14/h5-6,9H,3-4,7-8H2,1-2H3. The zero-order chi connectivity index (χ0) is 13.0. The van der Waals surface area contributed by atoms with E-state index < -0.39 is 5.54 Å². The molecule has 1 aromatic rings. The highest BCUT2D eigenvalue weighted by atomic mass is 16.5. The van der Waals surface area contributed by atoms with Gasteiger partial charge in [-0.25, -0.2) is 4.79 Å². The van der Waals surface area contributed by atoms with Crippen molar-refractivity contribution in [2.75, 3.05) is 14.2 Å². The lowest BCUT2D eigenvalue weighted by Crippen LogP contribution is -2.18. The number of rotatable bonds is 4. The van der Waals surface area contributed by atoms with Gasteiger partial charge >= 0.3 is 0 Å². The van der Waals surface area contributed by atoms with E-state index in [0.717, 1.165) is 31.2 Å². The number of methoxy groups -OCH3 is 2. The molecule has 0 heterocycles. The van der Waals surface area contributed by atoms with Crippen LogP contribution in [0.1, 0.15) is 31.2 Å². The highest BCUT2D eigenvalue weighted by molar-refractivity contribution is 5.47. The molecule has 0 saturated heterocycles. The van der Waals surface area contributed by atoms with Crippen molar-refractivity contribution in [3.63, 3.8) is 0 Å². The number of isocyanates is 1. The van der Waals surface area contributed by atoms with E-state index in [2.05, 4.69) is 4.99 Å². The molecule has 4 nitrogen and oxygen atoms in total. The molecule has 1 aromatic carbocycles. The first-order valence-corrected chi connectivity index (χ1v) is 6.07. The molecule has 2 rings (SSSR count). The Morgan fingerprint density at radius 2 is 1.83 bits per heavy atom. The van der Waals surface area contributed by atoms with Gasteiger partial charge < -0.3 is 9.47 Å². The molecular formula is C14H17NO3. The fraction of sp³-hybridized carbons (Fsp3) is 0.500. The normalized spacial score (nSPS) is 17.0. The van der Waals surface area contributed by atoms with Gasteiger partial charge in [0.15, 0.2) is 11.5 Å². The number of benzene rings is 1. The molecule has 0 radical (unpaired) electrons. The van der Waals surface area contributed by atoms with Gasteiger partial charge in [0.05, 0.1) is 19.8 Å². The van der Waals surface area contributed by atoms with Crippen LogP contribution in [0.3, 0.4) is 0 Å². The van der Waals surface area contributed by atoms with Gasteiger partial charge in [-0.3, -0.25) is 0 Å². The van der Waals surface area contributed by atoms with Crippen LogP contribution in [0.4, 0.5) is 0 Å². The van der Waals surface area contributed by atoms with Crippen LogP contribution in [0, 0.1) is 0 Å². The van der Waals surface area contributed by atoms with Gasteiger partial charge in [0, 0.05) is 0 Å². The lowest BCUT2D eigenvalue weighted by Gasteiger charge is -2.23. The van der Waals surface area contributed by atoms with Crippen molar-refractivity contribution < 1.29 is 14.3 Å². The van der Waals surface area contributed by atoms with Gasteiger partial charge in [0.25, 0.3) is 0 Å². The Bertz CT molecular complexity index is 472. The number of ether oxygens (including phenoxy) is 2. The minimum atomic E-state index is -0.415. The highest BCUT2D eigenvalue weighted by Gasteiger charge is 2.36. The molecule has 0 atom stereocenters. The number of carbonyl (C=O) groups excluding carboxylic acids is 1. The van der Waals surface area contributed by atoms with Crippen LogP contribution in [0.2, 0.25) is 0 Å². The van der Waals surface area contributed by atoms with E-state index in [1.807, 2.05) is 18.2 Å². The SMILES string of the molecule is COc1ccc(C2(N=C=O)CCCC2)cc1OC. The monoisotopic (exact) mass is 247 g/mol. The van der Waals surface area contributed by atoms with Crippen molar-refractivity contribution in [3.05, 3.63) is 23.8 Å². The second kappa shape index (κ2) is 5.23. The predicted octanol–water partition coefficient (Wildman–Crippen LogP) is 2.81. The van der Waals surface area contributed by atoms with Crippen LogP contribution in [0.15, 0.2) is 23.2 Å². The first-order chi connectivity index (χ1) is 8.75. The molecule has 1 aliphatic carbocycles. The van der Waals surface area contributed by atoms with Crippen LogP contribution in [0.25, 0.3) is 0 Å². The van der Waals surface area contributed by atoms with Gasteiger partial charge in [-0.15, -0.1) is 0 Å². The molecule has 0 N–H and O–H groups in total. The van der Waals surface area contributed by atoms with Crippen LogP contribution in [-0.2, 0) is 10.3 Å². The van der Waals surface area contributed by atoms with Crippen molar-refractivity contribution in [3.8, 4) is 11.5 Å². The minimum Gasteiger partial charge on any atom is -0.493 e. The molecule has 1 fully saturated rings. The third-order valence-electron chi connectivity index (χ3n) is 3.61. The van der Waals surface area contributed by atoms with E-state index in [0.29, 0.717) is 11.5 Å². The molecule has 0 amide bonds. The average molecular weight is 247 g/mol. The predicted molar refractivity (Wildman–Crippen MR) is 67.8 cm³/mol. The molecule has 1 saturated carbocycles. The second-order valence-electron chi connectivity index (χ2n) is 4.51. The van der Waals surface area contributed by atoms with Crippen molar-refractivity contribution in [2.24, 2.45) is 4.99 Å². The molecule has 0 bridgehead atoms. The molecule has 0 spiro atoms. The number of hydrogen-bond acceptors (Lipinski definition) is 4. The van der Waals surface area contributed by atoms with Gasteiger partial charge in [-0.05, 0) is 30.5 Å². The third kappa shape index (κ3) is 2.12. The lowest BCUT2D eigenvalue weighted by molar-refractivity contribution is 0.352. The maximum atomic E-state index is 10.7. The summed E-state index contributed by atoms with van der Waals surface area (Å²) < 4.78 is 10.5. The van der Waals surface area contributed by atoms with Crippen LogP contribution < -0.4 is 9.47 Å². The largest absolute Gasteiger partial charge is 0.493 e. The highest BCUT2D eigenvalue weighted by Crippen LogP contribution is 2.44. The molecule has 0 aliphatic heterocycles. The minimum absolute atomic E-state index is 0.415. The number of nitrogens with zero attached hydrogens (tertiary/aromatic N) is 1. The summed E-state index contributed by atoms with van der Waals surface area (Å²) in [7, 11) is 3.21. The van der Waals surface area contributed by atoms with Gasteiger partial charge in [0.2, 0.25) is 6.08 Å². The summed E-state index contributed by atoms with van der Waals surface area (Å²) in [6.45, 7) is 0. The molecule has 18 heavy (non-hydrogen) atoms. The summed E-state index contributed by atoms with van der Waals surface area (Å²) in [5, 5.41) is 0. The molecule has 1 aliphatic rings. The molecule has 0 unspecified atom stereocenters. The Morgan fingerprint density at radius 1 is 1.17 bits per heavy atom. The van der Waals surface area contributed by atoms with Crippen LogP contribution in [0.5, 0.6) is 11.5 Å². The van der Waals surface area contributed by atoms with Crippen molar-refractivity contribution in [1.29, 1.82) is 0 Å². The number of aliphatic imine (C=N–C) groups is 1. The van der Waals surface area contributed by atoms with Crippen molar-refractivity contribution in [2.45, 2.75) is 31.2 Å². The second-order valence-corrected chi connectivity index (χ2v) is 4.51. The van der Waals surface area contributed by atoms with Crippen LogP contribution in [-0.4, -0.2) is 20.3 Å². The molecule has 4 heteroatoms. The zero-order valence-electron chi connectivity index (χ0n) is 10.7. The Hall–Kier alpha value is -1.80. The average Bonchev–Trinajstić information content (AvgIpc) is 2.88. The maximum Gasteiger partial charge on any atom is 0.235 e. The van der Waals surface area contributed by atoms with E-state index in [1.54, 1.807) is 20.3 Å². The zero-order valence-corrected chi connectivity index (χ0v) is 10.7. The third-order valence-corrected chi connectivity index (χ3v) is 3.61. The summed E-state index contributed by atoms with van der Waals surface area (Å²) in [4.78, 5) is 14.7. The summed E-state index contributed by atoms with van der Waals surface area (Å²) in [5.41, 5.74) is 0.586. The summed E-state index contributed by atoms with van der Waals surface area (Å²) in [6, 6.07) is 5.72. The van der Waals surface area contributed by atoms with E-state index >= 15 is 0 Å². The first-order valence-electron chi connectivity index (χ1n) is 6.07. The fourth-order valence-corrected chi connectivity index (χ4v) is 2.64. The van der Waals surface area contributed by atoms with Gasteiger partial charge in [-0.1, -0.05) is 18.9 Å². The molecule has 0 aromatic heterocycles. The Balaban J connectivity index is 2.46. The topological polar surface area (TPSA) is 47.9 Å². The maximum absolute atomic E-state index is 10.7.